The maximum atomic E-state index is 12.7. The molecule has 4 aromatic heterocycles. The minimum absolute atomic E-state index is 0.0224. The SMILES string of the molecule is O=C(Cc1ccccn1)c1ccc(-c2ccc(O)c3ncncc23)cc1.O=C(Cc1ccccn1)c1ccc(-c2ccc(OS(=O)(=O)C(F)(F)F)c3ncncc23)cc1.O=S(=O)(N(c1ccccc1)S(=O)(=O)C(F)(F)F)C(F)(F)F. The van der Waals surface area contributed by atoms with Gasteiger partial charge < -0.3 is 9.29 Å². The van der Waals surface area contributed by atoms with Gasteiger partial charge in [-0.25, -0.2) is 19.9 Å². The van der Waals surface area contributed by atoms with Crippen molar-refractivity contribution in [3.05, 3.63) is 199 Å². The Morgan fingerprint density at radius 1 is 0.487 bits per heavy atom. The zero-order chi connectivity index (χ0) is 58.3. The lowest BCUT2D eigenvalue weighted by molar-refractivity contribution is -0.0501. The average Bonchev–Trinajstić information content (AvgIpc) is 3.51. The molecular formula is C51H34F9N7O10S3. The Kier molecular flexibility index (Phi) is 17.3. The van der Waals surface area contributed by atoms with E-state index in [1.807, 2.05) is 48.5 Å². The summed E-state index contributed by atoms with van der Waals surface area (Å²) < 4.78 is 183. The number of nitrogens with zero attached hydrogens (tertiary/aromatic N) is 7. The molecular weight excluding hydrogens is 1140 g/mol. The van der Waals surface area contributed by atoms with E-state index in [9.17, 15) is 79.5 Å². The van der Waals surface area contributed by atoms with Crippen molar-refractivity contribution in [1.29, 1.82) is 0 Å². The number of pyridine rings is 2. The number of aromatic hydroxyl groups is 1. The average molecular weight is 1170 g/mol. The Bertz CT molecular complexity index is 4000. The van der Waals surface area contributed by atoms with E-state index in [0.29, 0.717) is 45.6 Å². The van der Waals surface area contributed by atoms with E-state index in [1.165, 1.54) is 18.6 Å². The number of rotatable bonds is 13. The molecule has 0 radical (unpaired) electrons. The van der Waals surface area contributed by atoms with Gasteiger partial charge in [0.25, 0.3) is 0 Å². The number of anilines is 1. The van der Waals surface area contributed by atoms with Crippen LogP contribution in [0.3, 0.4) is 0 Å². The molecule has 0 bridgehead atoms. The molecule has 9 rings (SSSR count). The number of Topliss-reactive ketones (excluding diaryl/α,β-unsaturated/α-hetero) is 2. The summed E-state index contributed by atoms with van der Waals surface area (Å²) >= 11 is 0. The Morgan fingerprint density at radius 2 is 0.912 bits per heavy atom. The van der Waals surface area contributed by atoms with Gasteiger partial charge in [0.05, 0.1) is 18.5 Å². The number of fused-ring (bicyclic) bond motifs is 2. The monoisotopic (exact) mass is 1170 g/mol. The number of carbonyl (C=O) groups excluding carboxylic acids is 2. The second kappa shape index (κ2) is 23.6. The molecule has 0 aliphatic carbocycles. The molecule has 0 atom stereocenters. The third-order valence-electron chi connectivity index (χ3n) is 10.9. The van der Waals surface area contributed by atoms with Gasteiger partial charge in [-0.3, -0.25) is 19.6 Å². The highest BCUT2D eigenvalue weighted by atomic mass is 32.3. The van der Waals surface area contributed by atoms with Crippen molar-refractivity contribution < 1.29 is 83.6 Å². The van der Waals surface area contributed by atoms with E-state index in [2.05, 4.69) is 34.1 Å². The van der Waals surface area contributed by atoms with Gasteiger partial charge in [0, 0.05) is 58.1 Å². The van der Waals surface area contributed by atoms with Crippen LogP contribution in [0.2, 0.25) is 0 Å². The lowest BCUT2D eigenvalue weighted by atomic mass is 9.98. The Hall–Kier alpha value is -8.96. The molecule has 5 aromatic carbocycles. The van der Waals surface area contributed by atoms with Gasteiger partial charge in [0.15, 0.2) is 17.3 Å². The van der Waals surface area contributed by atoms with E-state index in [0.717, 1.165) is 52.8 Å². The number of halogens is 9. The van der Waals surface area contributed by atoms with Crippen molar-refractivity contribution in [3.63, 3.8) is 0 Å². The summed E-state index contributed by atoms with van der Waals surface area (Å²) in [5, 5.41) is 11.0. The molecule has 0 saturated heterocycles. The quantitative estimate of drug-likeness (QED) is 0.0488. The molecule has 9 aromatic rings. The summed E-state index contributed by atoms with van der Waals surface area (Å²) in [4.78, 5) is 49.2. The first kappa shape index (κ1) is 58.7. The highest BCUT2D eigenvalue weighted by molar-refractivity contribution is 8.11. The number of phenolic OH excluding ortho intramolecular Hbond substituents is 1. The lowest BCUT2D eigenvalue weighted by Crippen LogP contribution is -2.49. The number of benzene rings is 5. The van der Waals surface area contributed by atoms with Crippen LogP contribution in [0.25, 0.3) is 44.1 Å². The predicted octanol–water partition coefficient (Wildman–Crippen LogP) is 10.4. The molecule has 0 saturated carbocycles. The van der Waals surface area contributed by atoms with E-state index in [4.69, 9.17) is 0 Å². The molecule has 0 spiro atoms. The summed E-state index contributed by atoms with van der Waals surface area (Å²) in [6, 6.07) is 34.6. The summed E-state index contributed by atoms with van der Waals surface area (Å²) in [6.45, 7) is 0. The van der Waals surface area contributed by atoms with Crippen LogP contribution in [0.1, 0.15) is 32.1 Å². The fourth-order valence-electron chi connectivity index (χ4n) is 7.20. The van der Waals surface area contributed by atoms with Crippen molar-refractivity contribution in [2.75, 3.05) is 3.71 Å². The van der Waals surface area contributed by atoms with Crippen LogP contribution in [0.5, 0.6) is 11.5 Å². The molecule has 0 aliphatic rings. The van der Waals surface area contributed by atoms with E-state index < -0.39 is 61.8 Å². The molecule has 4 heterocycles. The van der Waals surface area contributed by atoms with Gasteiger partial charge in [-0.2, -0.15) is 64.8 Å². The van der Waals surface area contributed by atoms with Gasteiger partial charge in [0.1, 0.15) is 29.4 Å². The zero-order valence-corrected chi connectivity index (χ0v) is 42.5. The maximum Gasteiger partial charge on any atom is 0.534 e. The van der Waals surface area contributed by atoms with Crippen LogP contribution in [0, 0.1) is 0 Å². The lowest BCUT2D eigenvalue weighted by Gasteiger charge is -2.25. The number of hydrogen-bond acceptors (Lipinski definition) is 16. The molecule has 0 fully saturated rings. The normalized spacial score (nSPS) is 12.1. The van der Waals surface area contributed by atoms with Crippen LogP contribution < -0.4 is 7.89 Å². The number of carbonyl (C=O) groups is 2. The topological polar surface area (TPSA) is 247 Å². The second-order valence-corrected chi connectivity index (χ2v) is 21.6. The zero-order valence-electron chi connectivity index (χ0n) is 40.0. The van der Waals surface area contributed by atoms with Crippen LogP contribution >= 0.6 is 0 Å². The van der Waals surface area contributed by atoms with Gasteiger partial charge >= 0.3 is 46.7 Å². The first-order valence-corrected chi connectivity index (χ1v) is 26.6. The molecule has 0 unspecified atom stereocenters. The molecule has 0 amide bonds. The van der Waals surface area contributed by atoms with Crippen LogP contribution in [0.4, 0.5) is 45.2 Å². The van der Waals surface area contributed by atoms with Crippen molar-refractivity contribution in [2.45, 2.75) is 29.4 Å². The highest BCUT2D eigenvalue weighted by Crippen LogP contribution is 2.40. The maximum absolute atomic E-state index is 12.7. The fraction of sp³-hybridized carbons (Fsp3) is 0.0980. The smallest absolute Gasteiger partial charge is 0.506 e. The number of alkyl halides is 9. The summed E-state index contributed by atoms with van der Waals surface area (Å²) in [6.07, 6.45) is 9.19. The van der Waals surface area contributed by atoms with Crippen molar-refractivity contribution in [1.82, 2.24) is 29.9 Å². The Morgan fingerprint density at radius 3 is 1.34 bits per heavy atom. The number of phenols is 1. The summed E-state index contributed by atoms with van der Waals surface area (Å²) in [5.74, 6) is -0.562. The van der Waals surface area contributed by atoms with Gasteiger partial charge in [-0.1, -0.05) is 78.9 Å². The molecule has 1 N–H and O–H groups in total. The number of aromatic nitrogens is 6. The number of hydrogen-bond donors (Lipinski definition) is 1. The minimum Gasteiger partial charge on any atom is -0.506 e. The highest BCUT2D eigenvalue weighted by Gasteiger charge is 2.61. The van der Waals surface area contributed by atoms with Crippen molar-refractivity contribution in [2.24, 2.45) is 0 Å². The fourth-order valence-corrected chi connectivity index (χ4v) is 10.4. The molecule has 17 nitrogen and oxygen atoms in total. The second-order valence-electron chi connectivity index (χ2n) is 16.2. The predicted molar refractivity (Wildman–Crippen MR) is 271 cm³/mol. The van der Waals surface area contributed by atoms with Crippen LogP contribution in [-0.4, -0.2) is 88.4 Å². The summed E-state index contributed by atoms with van der Waals surface area (Å²) in [7, 11) is -19.5. The van der Waals surface area contributed by atoms with Gasteiger partial charge in [0.2, 0.25) is 0 Å². The van der Waals surface area contributed by atoms with E-state index in [1.54, 1.807) is 67.1 Å². The first-order valence-electron chi connectivity index (χ1n) is 22.3. The van der Waals surface area contributed by atoms with Crippen LogP contribution in [0.15, 0.2) is 177 Å². The summed E-state index contributed by atoms with van der Waals surface area (Å²) in [5.41, 5.74) is -13.5. The van der Waals surface area contributed by atoms with E-state index >= 15 is 0 Å². The van der Waals surface area contributed by atoms with Crippen LogP contribution in [-0.2, 0) is 43.0 Å². The third kappa shape index (κ3) is 13.3. The van der Waals surface area contributed by atoms with Crippen molar-refractivity contribution >= 4 is 69.2 Å². The van der Waals surface area contributed by atoms with Crippen molar-refractivity contribution in [3.8, 4) is 33.8 Å². The van der Waals surface area contributed by atoms with E-state index in [-0.39, 0.29) is 41.1 Å². The Labute approximate surface area is 447 Å². The van der Waals surface area contributed by atoms with Gasteiger partial charge in [-0.15, -0.1) is 3.71 Å². The molecule has 414 valence electrons. The standard InChI is InChI=1S/C22H14F3N3O4S.C21H15N3O2.C8H5F6NO4S2/c23-22(24,25)33(30,31)32-20-9-8-17(18-12-26-13-28-21(18)20)14-4-6-15(7-5-14)19(29)11-16-3-1-2-10-27-16;25-19-9-8-17(18-12-22-13-24-21(18)19)14-4-6-15(7-5-14)20(26)11-16-3-1-2-10-23-16;9-7(10,11)20(16,17)15(6-4-2-1-3-5-6)21(18,19)8(12,13)14/h1-10,12-13H,11H2;1-10,12-13,25H,11H2;1-5H. The Balaban J connectivity index is 0.000000178. The first-order chi connectivity index (χ1) is 37.6. The minimum atomic E-state index is -6.81. The molecule has 29 heteroatoms. The number of para-hydroxylation sites is 1. The van der Waals surface area contributed by atoms with Gasteiger partial charge in [-0.05, 0) is 82.9 Å². The largest absolute Gasteiger partial charge is 0.534 e. The number of sulfonamides is 2. The molecule has 80 heavy (non-hydrogen) atoms. The number of ketones is 2. The molecule has 0 aliphatic heterocycles. The third-order valence-corrected chi connectivity index (χ3v) is 15.5.